The molecule has 0 N–H and O–H groups in total. The minimum absolute atomic E-state index is 0.577. The van der Waals surface area contributed by atoms with E-state index in [2.05, 4.69) is 38.1 Å². The Kier molecular flexibility index (Phi) is 6.33. The van der Waals surface area contributed by atoms with Gasteiger partial charge in [0.05, 0.1) is 6.61 Å². The molecule has 118 valence electrons. The predicted molar refractivity (Wildman–Crippen MR) is 96.0 cm³/mol. The zero-order valence-electron chi connectivity index (χ0n) is 13.7. The van der Waals surface area contributed by atoms with Crippen LogP contribution in [-0.4, -0.2) is 6.61 Å². The van der Waals surface area contributed by atoms with Crippen molar-refractivity contribution in [2.75, 3.05) is 6.61 Å². The minimum atomic E-state index is 0.577. The fraction of sp³-hybridized carbons (Fsp3) is 0.400. The third-order valence-electron chi connectivity index (χ3n) is 4.04. The van der Waals surface area contributed by atoms with Crippen LogP contribution >= 0.6 is 11.6 Å². The van der Waals surface area contributed by atoms with Crippen LogP contribution in [0.15, 0.2) is 42.5 Å². The maximum atomic E-state index is 6.26. The van der Waals surface area contributed by atoms with Crippen molar-refractivity contribution < 1.29 is 4.74 Å². The van der Waals surface area contributed by atoms with Crippen molar-refractivity contribution in [1.29, 1.82) is 0 Å². The molecule has 1 nitrogen and oxygen atoms in total. The van der Waals surface area contributed by atoms with Crippen molar-refractivity contribution in [1.82, 2.24) is 0 Å². The molecule has 2 heteroatoms. The smallest absolute Gasteiger partial charge is 0.119 e. The lowest BCUT2D eigenvalue weighted by atomic mass is 9.86. The summed E-state index contributed by atoms with van der Waals surface area (Å²) in [5.74, 6) is 1.49. The number of ether oxygens (including phenoxy) is 1. The van der Waals surface area contributed by atoms with Crippen LogP contribution in [0.25, 0.3) is 11.1 Å². The highest BCUT2D eigenvalue weighted by molar-refractivity contribution is 6.30. The Morgan fingerprint density at radius 1 is 1.05 bits per heavy atom. The van der Waals surface area contributed by atoms with Gasteiger partial charge < -0.3 is 4.74 Å². The highest BCUT2D eigenvalue weighted by Gasteiger charge is 2.15. The van der Waals surface area contributed by atoms with E-state index in [1.165, 1.54) is 29.5 Å². The highest BCUT2D eigenvalue weighted by Crippen LogP contribution is 2.36. The Balaban J connectivity index is 2.48. The van der Waals surface area contributed by atoms with E-state index >= 15 is 0 Å². The molecule has 0 aliphatic rings. The quantitative estimate of drug-likeness (QED) is 0.552. The summed E-state index contributed by atoms with van der Waals surface area (Å²) in [7, 11) is 0. The fourth-order valence-corrected chi connectivity index (χ4v) is 3.15. The van der Waals surface area contributed by atoms with E-state index in [0.717, 1.165) is 17.2 Å². The number of benzene rings is 2. The van der Waals surface area contributed by atoms with Crippen molar-refractivity contribution in [2.24, 2.45) is 0 Å². The molecule has 0 aliphatic heterocycles. The summed E-state index contributed by atoms with van der Waals surface area (Å²) in [6.45, 7) is 7.19. The van der Waals surface area contributed by atoms with Crippen LogP contribution in [0, 0.1) is 0 Å². The molecule has 0 aliphatic carbocycles. The van der Waals surface area contributed by atoms with Crippen LogP contribution < -0.4 is 4.74 Å². The van der Waals surface area contributed by atoms with E-state index in [9.17, 15) is 0 Å². The number of hydrogen-bond acceptors (Lipinski definition) is 1. The lowest BCUT2D eigenvalue weighted by Gasteiger charge is -2.19. The Labute approximate surface area is 139 Å². The number of rotatable bonds is 7. The largest absolute Gasteiger partial charge is 0.494 e. The van der Waals surface area contributed by atoms with Gasteiger partial charge in [-0.25, -0.2) is 0 Å². The van der Waals surface area contributed by atoms with Crippen molar-refractivity contribution >= 4 is 11.6 Å². The van der Waals surface area contributed by atoms with Crippen molar-refractivity contribution in [2.45, 2.75) is 46.0 Å². The monoisotopic (exact) mass is 316 g/mol. The molecule has 2 aromatic carbocycles. The van der Waals surface area contributed by atoms with Gasteiger partial charge in [0.25, 0.3) is 0 Å². The Morgan fingerprint density at radius 3 is 2.55 bits per heavy atom. The molecule has 1 atom stereocenters. The van der Waals surface area contributed by atoms with Crippen LogP contribution in [0.3, 0.4) is 0 Å². The molecule has 0 heterocycles. The summed E-state index contributed by atoms with van der Waals surface area (Å²) in [5, 5.41) is 0.784. The summed E-state index contributed by atoms with van der Waals surface area (Å²) >= 11 is 6.26. The Bertz CT molecular complexity index is 606. The molecule has 0 bridgehead atoms. The summed E-state index contributed by atoms with van der Waals surface area (Å²) < 4.78 is 5.64. The van der Waals surface area contributed by atoms with Crippen LogP contribution in [0.1, 0.15) is 51.5 Å². The maximum absolute atomic E-state index is 6.26. The zero-order chi connectivity index (χ0) is 15.9. The van der Waals surface area contributed by atoms with E-state index in [4.69, 9.17) is 16.3 Å². The summed E-state index contributed by atoms with van der Waals surface area (Å²) in [4.78, 5) is 0. The molecule has 0 spiro atoms. The first-order valence-corrected chi connectivity index (χ1v) is 8.60. The molecule has 0 radical (unpaired) electrons. The van der Waals surface area contributed by atoms with Crippen LogP contribution in [0.2, 0.25) is 5.02 Å². The first-order valence-electron chi connectivity index (χ1n) is 8.22. The number of halogens is 1. The normalized spacial score (nSPS) is 12.2. The van der Waals surface area contributed by atoms with Gasteiger partial charge in [-0.1, -0.05) is 50.1 Å². The first kappa shape index (κ1) is 16.9. The summed E-state index contributed by atoms with van der Waals surface area (Å²) in [5.41, 5.74) is 3.80. The van der Waals surface area contributed by atoms with E-state index in [-0.39, 0.29) is 0 Å². The Hall–Kier alpha value is -1.47. The second-order valence-electron chi connectivity index (χ2n) is 5.59. The summed E-state index contributed by atoms with van der Waals surface area (Å²) in [6, 6.07) is 14.6. The van der Waals surface area contributed by atoms with Gasteiger partial charge in [0, 0.05) is 5.02 Å². The molecule has 0 fully saturated rings. The van der Waals surface area contributed by atoms with E-state index in [1.807, 2.05) is 25.1 Å². The lowest BCUT2D eigenvalue weighted by molar-refractivity contribution is 0.340. The van der Waals surface area contributed by atoms with Gasteiger partial charge in [-0.05, 0) is 66.6 Å². The number of hydrogen-bond donors (Lipinski definition) is 0. The topological polar surface area (TPSA) is 9.23 Å². The molecule has 2 rings (SSSR count). The molecular weight excluding hydrogens is 292 g/mol. The average Bonchev–Trinajstić information content (AvgIpc) is 2.53. The Morgan fingerprint density at radius 2 is 1.86 bits per heavy atom. The van der Waals surface area contributed by atoms with Crippen LogP contribution in [0.4, 0.5) is 0 Å². The van der Waals surface area contributed by atoms with Gasteiger partial charge in [0.15, 0.2) is 0 Å². The molecule has 1 unspecified atom stereocenters. The summed E-state index contributed by atoms with van der Waals surface area (Å²) in [6.07, 6.45) is 3.55. The van der Waals surface area contributed by atoms with Crippen molar-refractivity contribution in [3.05, 3.63) is 53.1 Å². The zero-order valence-corrected chi connectivity index (χ0v) is 14.5. The molecule has 0 saturated heterocycles. The molecule has 0 amide bonds. The molecule has 2 aromatic rings. The first-order chi connectivity index (χ1) is 10.7. The van der Waals surface area contributed by atoms with Gasteiger partial charge in [-0.2, -0.15) is 0 Å². The van der Waals surface area contributed by atoms with Crippen LogP contribution in [0.5, 0.6) is 5.75 Å². The molecule has 0 aromatic heterocycles. The van der Waals surface area contributed by atoms with E-state index in [1.54, 1.807) is 0 Å². The fourth-order valence-electron chi connectivity index (χ4n) is 2.98. The third-order valence-corrected chi connectivity index (χ3v) is 4.28. The van der Waals surface area contributed by atoms with Gasteiger partial charge in [0.1, 0.15) is 5.75 Å². The standard InChI is InChI=1S/C20H25ClO/c1-4-8-15(5-2)19-12-11-17(21)14-20(19)16-9-7-10-18(13-16)22-6-3/h7,9-15H,4-6,8H2,1-3H3. The third kappa shape index (κ3) is 4.04. The maximum Gasteiger partial charge on any atom is 0.119 e. The van der Waals surface area contributed by atoms with E-state index < -0.39 is 0 Å². The molecule has 0 saturated carbocycles. The SMILES string of the molecule is CCCC(CC)c1ccc(Cl)cc1-c1cccc(OCC)c1. The molecule has 22 heavy (non-hydrogen) atoms. The van der Waals surface area contributed by atoms with Gasteiger partial charge in [-0.15, -0.1) is 0 Å². The second-order valence-corrected chi connectivity index (χ2v) is 6.02. The van der Waals surface area contributed by atoms with Crippen molar-refractivity contribution in [3.8, 4) is 16.9 Å². The van der Waals surface area contributed by atoms with Crippen LogP contribution in [-0.2, 0) is 0 Å². The molecular formula is C20H25ClO. The highest BCUT2D eigenvalue weighted by atomic mass is 35.5. The van der Waals surface area contributed by atoms with Gasteiger partial charge in [-0.3, -0.25) is 0 Å². The minimum Gasteiger partial charge on any atom is -0.494 e. The van der Waals surface area contributed by atoms with Gasteiger partial charge >= 0.3 is 0 Å². The lowest BCUT2D eigenvalue weighted by Crippen LogP contribution is -2.00. The predicted octanol–water partition coefficient (Wildman–Crippen LogP) is 6.70. The van der Waals surface area contributed by atoms with E-state index in [0.29, 0.717) is 12.5 Å². The second kappa shape index (κ2) is 8.24. The average molecular weight is 317 g/mol. The van der Waals surface area contributed by atoms with Crippen molar-refractivity contribution in [3.63, 3.8) is 0 Å². The van der Waals surface area contributed by atoms with Gasteiger partial charge in [0.2, 0.25) is 0 Å².